The molecule has 69 valence electrons. The van der Waals surface area contributed by atoms with E-state index in [0.717, 1.165) is 24.6 Å². The second kappa shape index (κ2) is 6.30. The number of nitrogens with zero attached hydrogens (tertiary/aromatic N) is 1. The van der Waals surface area contributed by atoms with Gasteiger partial charge < -0.3 is 9.47 Å². The van der Waals surface area contributed by atoms with Crippen LogP contribution in [-0.2, 0) is 9.47 Å². The highest BCUT2D eigenvalue weighted by atomic mass is 32.2. The van der Waals surface area contributed by atoms with Crippen molar-refractivity contribution in [3.63, 3.8) is 0 Å². The lowest BCUT2D eigenvalue weighted by molar-refractivity contribution is -0.137. The minimum atomic E-state index is -0.799. The highest BCUT2D eigenvalue weighted by molar-refractivity contribution is 8.04. The van der Waals surface area contributed by atoms with Gasteiger partial charge in [-0.25, -0.2) is 0 Å². The van der Waals surface area contributed by atoms with Crippen LogP contribution in [0.15, 0.2) is 0 Å². The number of thiocyanates is 1. The van der Waals surface area contributed by atoms with E-state index in [9.17, 15) is 0 Å². The second-order valence-electron chi connectivity index (χ2n) is 2.24. The molecule has 0 aromatic carbocycles. The molecule has 0 saturated carbocycles. The van der Waals surface area contributed by atoms with Crippen molar-refractivity contribution in [2.45, 2.75) is 24.4 Å². The van der Waals surface area contributed by atoms with E-state index in [0.29, 0.717) is 6.42 Å². The first kappa shape index (κ1) is 11.8. The van der Waals surface area contributed by atoms with Crippen molar-refractivity contribution >= 4 is 11.8 Å². The van der Waals surface area contributed by atoms with Gasteiger partial charge in [-0.15, -0.1) is 0 Å². The number of rotatable bonds is 6. The van der Waals surface area contributed by atoms with E-state index in [-0.39, 0.29) is 0 Å². The van der Waals surface area contributed by atoms with E-state index >= 15 is 0 Å². The molecule has 12 heavy (non-hydrogen) atoms. The maximum atomic E-state index is 8.50. The van der Waals surface area contributed by atoms with Gasteiger partial charge in [-0.1, -0.05) is 13.3 Å². The van der Waals surface area contributed by atoms with Crippen LogP contribution in [0.4, 0.5) is 0 Å². The minimum Gasteiger partial charge on any atom is -0.344 e. The molecule has 3 nitrogen and oxygen atoms in total. The number of nitriles is 1. The smallest absolute Gasteiger partial charge is 0.231 e. The lowest BCUT2D eigenvalue weighted by Crippen LogP contribution is -2.28. The predicted molar refractivity (Wildman–Crippen MR) is 49.2 cm³/mol. The molecule has 0 unspecified atom stereocenters. The Morgan fingerprint density at radius 2 is 2.08 bits per heavy atom. The van der Waals surface area contributed by atoms with Gasteiger partial charge in [0.15, 0.2) is 0 Å². The summed E-state index contributed by atoms with van der Waals surface area (Å²) in [6.07, 6.45) is 2.39. The van der Waals surface area contributed by atoms with Crippen molar-refractivity contribution in [3.05, 3.63) is 6.92 Å². The molecule has 1 radical (unpaired) electrons. The standard InChI is InChI=1S/C8H14NO2S/c1-4-5-6-8(10-2,11-3)12-7-9/h1,4-6H2,2-3H3. The Morgan fingerprint density at radius 3 is 2.42 bits per heavy atom. The lowest BCUT2D eigenvalue weighted by Gasteiger charge is -2.26. The van der Waals surface area contributed by atoms with Crippen molar-refractivity contribution in [2.24, 2.45) is 0 Å². The summed E-state index contributed by atoms with van der Waals surface area (Å²) in [4.78, 5) is 0. The van der Waals surface area contributed by atoms with E-state index in [2.05, 4.69) is 6.92 Å². The minimum absolute atomic E-state index is 0.682. The molecular formula is C8H14NO2S. The molecule has 0 N–H and O–H groups in total. The van der Waals surface area contributed by atoms with Gasteiger partial charge in [-0.05, 0) is 6.42 Å². The largest absolute Gasteiger partial charge is 0.344 e. The van der Waals surface area contributed by atoms with Crippen LogP contribution in [0.1, 0.15) is 19.3 Å². The normalized spacial score (nSPS) is 11.2. The Labute approximate surface area is 78.0 Å². The maximum absolute atomic E-state index is 8.50. The van der Waals surface area contributed by atoms with Gasteiger partial charge in [0.25, 0.3) is 0 Å². The van der Waals surface area contributed by atoms with Crippen molar-refractivity contribution in [3.8, 4) is 5.40 Å². The summed E-state index contributed by atoms with van der Waals surface area (Å²) in [5.41, 5.74) is 0. The van der Waals surface area contributed by atoms with Crippen LogP contribution in [0.3, 0.4) is 0 Å². The molecule has 4 heteroatoms. The molecule has 0 fully saturated rings. The summed E-state index contributed by atoms with van der Waals surface area (Å²) in [6.45, 7) is 3.71. The van der Waals surface area contributed by atoms with Crippen LogP contribution in [0, 0.1) is 17.6 Å². The lowest BCUT2D eigenvalue weighted by atomic mass is 10.2. The third-order valence-electron chi connectivity index (χ3n) is 1.56. The van der Waals surface area contributed by atoms with E-state index < -0.39 is 5.12 Å². The molecule has 0 aliphatic rings. The second-order valence-corrected chi connectivity index (χ2v) is 3.25. The average molecular weight is 188 g/mol. The summed E-state index contributed by atoms with van der Waals surface area (Å²) in [7, 11) is 3.08. The summed E-state index contributed by atoms with van der Waals surface area (Å²) in [5.74, 6) is 0. The van der Waals surface area contributed by atoms with Crippen LogP contribution in [-0.4, -0.2) is 19.3 Å². The number of methoxy groups -OCH3 is 2. The topological polar surface area (TPSA) is 42.2 Å². The van der Waals surface area contributed by atoms with Crippen LogP contribution < -0.4 is 0 Å². The van der Waals surface area contributed by atoms with Gasteiger partial charge in [-0.3, -0.25) is 0 Å². The highest BCUT2D eigenvalue weighted by Crippen LogP contribution is 2.31. The van der Waals surface area contributed by atoms with Crippen LogP contribution in [0.2, 0.25) is 0 Å². The molecule has 0 aromatic heterocycles. The molecule has 0 rings (SSSR count). The molecule has 0 amide bonds. The molecule has 0 bridgehead atoms. The van der Waals surface area contributed by atoms with Gasteiger partial charge in [0.1, 0.15) is 5.40 Å². The molecular weight excluding hydrogens is 174 g/mol. The summed E-state index contributed by atoms with van der Waals surface area (Å²) in [6, 6.07) is 0. The summed E-state index contributed by atoms with van der Waals surface area (Å²) in [5, 5.41) is 9.67. The quantitative estimate of drug-likeness (QED) is 0.473. The number of thioether (sulfide) groups is 1. The third kappa shape index (κ3) is 3.44. The maximum Gasteiger partial charge on any atom is 0.231 e. The number of unbranched alkanes of at least 4 members (excludes halogenated alkanes) is 1. The Bertz CT molecular complexity index is 152. The van der Waals surface area contributed by atoms with E-state index in [1.165, 1.54) is 14.2 Å². The van der Waals surface area contributed by atoms with Crippen molar-refractivity contribution in [2.75, 3.05) is 14.2 Å². The first-order valence-corrected chi connectivity index (χ1v) is 4.53. The van der Waals surface area contributed by atoms with Crippen molar-refractivity contribution in [1.29, 1.82) is 5.26 Å². The fourth-order valence-corrected chi connectivity index (χ4v) is 1.39. The molecule has 0 heterocycles. The zero-order chi connectivity index (χ0) is 9.45. The SMILES string of the molecule is [CH2]CCCC(OC)(OC)SC#N. The van der Waals surface area contributed by atoms with Crippen molar-refractivity contribution in [1.82, 2.24) is 0 Å². The van der Waals surface area contributed by atoms with Crippen molar-refractivity contribution < 1.29 is 9.47 Å². The zero-order valence-electron chi connectivity index (χ0n) is 7.50. The van der Waals surface area contributed by atoms with Gasteiger partial charge in [0.2, 0.25) is 5.12 Å². The van der Waals surface area contributed by atoms with E-state index in [1.807, 2.05) is 5.40 Å². The number of hydrogen-bond acceptors (Lipinski definition) is 4. The van der Waals surface area contributed by atoms with E-state index in [4.69, 9.17) is 14.7 Å². The van der Waals surface area contributed by atoms with Gasteiger partial charge >= 0.3 is 0 Å². The number of hydrogen-bond donors (Lipinski definition) is 0. The molecule has 0 aromatic rings. The Balaban J connectivity index is 4.06. The summed E-state index contributed by atoms with van der Waals surface area (Å²) < 4.78 is 10.2. The van der Waals surface area contributed by atoms with Gasteiger partial charge in [0, 0.05) is 32.4 Å². The highest BCUT2D eigenvalue weighted by Gasteiger charge is 2.29. The van der Waals surface area contributed by atoms with Gasteiger partial charge in [0.05, 0.1) is 0 Å². The van der Waals surface area contributed by atoms with Crippen LogP contribution >= 0.6 is 11.8 Å². The third-order valence-corrected chi connectivity index (χ3v) is 2.50. The van der Waals surface area contributed by atoms with E-state index in [1.54, 1.807) is 0 Å². The monoisotopic (exact) mass is 188 g/mol. The predicted octanol–water partition coefficient (Wildman–Crippen LogP) is 2.15. The van der Waals surface area contributed by atoms with Gasteiger partial charge in [-0.2, -0.15) is 5.26 Å². The zero-order valence-corrected chi connectivity index (χ0v) is 8.32. The Kier molecular flexibility index (Phi) is 6.17. The fourth-order valence-electron chi connectivity index (χ4n) is 0.833. The van der Waals surface area contributed by atoms with Crippen LogP contribution in [0.25, 0.3) is 0 Å². The number of ether oxygens (including phenoxy) is 2. The Hall–Kier alpha value is -0.240. The Morgan fingerprint density at radius 1 is 1.50 bits per heavy atom. The average Bonchev–Trinajstić information content (AvgIpc) is 2.13. The molecule has 0 aliphatic heterocycles. The molecule has 0 saturated heterocycles. The summed E-state index contributed by atoms with van der Waals surface area (Å²) >= 11 is 0.997. The molecule has 0 spiro atoms. The fraction of sp³-hybridized carbons (Fsp3) is 0.750. The first-order valence-electron chi connectivity index (χ1n) is 3.71. The van der Waals surface area contributed by atoms with Crippen LogP contribution in [0.5, 0.6) is 0 Å². The first-order chi connectivity index (χ1) is 5.74. The molecule has 0 aliphatic carbocycles. The molecule has 0 atom stereocenters.